The number of aryl methyl sites for hydroxylation is 2. The number of carbonyl (C=O) groups excluding carboxylic acids is 2. The maximum atomic E-state index is 14.3. The van der Waals surface area contributed by atoms with Crippen LogP contribution < -0.4 is 15.0 Å². The van der Waals surface area contributed by atoms with Gasteiger partial charge in [0.05, 0.1) is 18.4 Å². The number of imidazole rings is 1. The summed E-state index contributed by atoms with van der Waals surface area (Å²) in [5.41, 5.74) is 3.51. The second-order valence-corrected chi connectivity index (χ2v) is 10.4. The Bertz CT molecular complexity index is 1660. The Balaban J connectivity index is 1.73. The predicted molar refractivity (Wildman–Crippen MR) is 146 cm³/mol. The number of nitrogens with zero attached hydrogens (tertiary/aromatic N) is 4. The van der Waals surface area contributed by atoms with E-state index >= 15 is 0 Å². The maximum absolute atomic E-state index is 14.3. The maximum Gasteiger partial charge on any atom is 0.280 e. The molecule has 0 saturated heterocycles. The largest absolute Gasteiger partial charge is 0.496 e. The van der Waals surface area contributed by atoms with Gasteiger partial charge in [-0.05, 0) is 57.5 Å². The van der Waals surface area contributed by atoms with E-state index in [1.54, 1.807) is 37.6 Å². The lowest BCUT2D eigenvalue weighted by Gasteiger charge is -2.35. The van der Waals surface area contributed by atoms with Gasteiger partial charge in [0, 0.05) is 46.0 Å². The summed E-state index contributed by atoms with van der Waals surface area (Å²) in [6, 6.07) is 14.4. The lowest BCUT2D eigenvalue weighted by molar-refractivity contribution is -0.119. The summed E-state index contributed by atoms with van der Waals surface area (Å²) in [5.74, 6) is 0.391. The fourth-order valence-electron chi connectivity index (χ4n) is 5.65. The lowest BCUT2D eigenvalue weighted by Crippen LogP contribution is -2.51. The number of nitrogens with one attached hydrogen (secondary N) is 1. The third-order valence-electron chi connectivity index (χ3n) is 7.18. The fourth-order valence-corrected chi connectivity index (χ4v) is 5.84. The predicted octanol–water partition coefficient (Wildman–Crippen LogP) is 5.66. The van der Waals surface area contributed by atoms with E-state index in [0.29, 0.717) is 44.8 Å². The molecule has 8 nitrogen and oxygen atoms in total. The van der Waals surface area contributed by atoms with Gasteiger partial charge < -0.3 is 14.6 Å². The molecular formula is C29H26ClN5O3. The first-order valence-electron chi connectivity index (χ1n) is 12.3. The van der Waals surface area contributed by atoms with Gasteiger partial charge in [-0.25, -0.2) is 4.98 Å². The van der Waals surface area contributed by atoms with Gasteiger partial charge in [-0.15, -0.1) is 0 Å². The Morgan fingerprint density at radius 2 is 1.87 bits per heavy atom. The van der Waals surface area contributed by atoms with Crippen molar-refractivity contribution in [2.45, 2.75) is 39.3 Å². The Morgan fingerprint density at radius 3 is 2.58 bits per heavy atom. The molecule has 2 aromatic carbocycles. The van der Waals surface area contributed by atoms with Gasteiger partial charge in [0.25, 0.3) is 11.8 Å². The zero-order valence-corrected chi connectivity index (χ0v) is 22.4. The molecule has 4 heterocycles. The molecule has 1 unspecified atom stereocenters. The molecule has 1 N–H and O–H groups in total. The molecule has 0 saturated carbocycles. The highest BCUT2D eigenvalue weighted by atomic mass is 35.5. The van der Waals surface area contributed by atoms with E-state index in [1.165, 1.54) is 4.90 Å². The number of anilines is 2. The van der Waals surface area contributed by atoms with E-state index < -0.39 is 5.54 Å². The zero-order valence-electron chi connectivity index (χ0n) is 21.7. The number of rotatable bonds is 4. The Labute approximate surface area is 225 Å². The molecule has 38 heavy (non-hydrogen) atoms. The molecule has 1 spiro atoms. The summed E-state index contributed by atoms with van der Waals surface area (Å²) < 4.78 is 7.63. The van der Waals surface area contributed by atoms with E-state index in [2.05, 4.69) is 10.3 Å². The van der Waals surface area contributed by atoms with Crippen LogP contribution in [0.4, 0.5) is 11.4 Å². The summed E-state index contributed by atoms with van der Waals surface area (Å²) in [6.07, 6.45) is 1.70. The van der Waals surface area contributed by atoms with Gasteiger partial charge >= 0.3 is 0 Å². The quantitative estimate of drug-likeness (QED) is 0.370. The minimum absolute atomic E-state index is 0.154. The Kier molecular flexibility index (Phi) is 5.36. The van der Waals surface area contributed by atoms with Crippen LogP contribution in [0.1, 0.15) is 52.9 Å². The summed E-state index contributed by atoms with van der Waals surface area (Å²) in [4.78, 5) is 39.4. The first kappa shape index (κ1) is 24.2. The number of halogens is 1. The van der Waals surface area contributed by atoms with E-state index in [0.717, 1.165) is 11.3 Å². The molecule has 0 aliphatic carbocycles. The molecule has 192 valence electrons. The second kappa shape index (κ2) is 8.43. The standard InChI is InChI=1S/C29H26ClN5O3/c1-15(2)34-25-24(33-26(34)20-14-31-17(4)12-23(20)38-5)27(36)35(19-8-6-7-18(30)13-19)29(25)21-10-9-16(3)11-22(21)32-28(29)37/h6-15H,1-5H3,(H,32,37). The van der Waals surface area contributed by atoms with Crippen molar-refractivity contribution in [3.8, 4) is 17.1 Å². The number of fused-ring (bicyclic) bond motifs is 4. The van der Waals surface area contributed by atoms with Gasteiger partial charge in [-0.1, -0.05) is 29.8 Å². The van der Waals surface area contributed by atoms with Gasteiger partial charge in [0.15, 0.2) is 11.2 Å². The van der Waals surface area contributed by atoms with Crippen molar-refractivity contribution < 1.29 is 14.3 Å². The third-order valence-corrected chi connectivity index (χ3v) is 7.42. The monoisotopic (exact) mass is 527 g/mol. The van der Waals surface area contributed by atoms with Gasteiger partial charge in [0.1, 0.15) is 11.6 Å². The fraction of sp³-hybridized carbons (Fsp3) is 0.241. The average Bonchev–Trinajstić information content (AvgIpc) is 3.47. The summed E-state index contributed by atoms with van der Waals surface area (Å²) in [6.45, 7) is 7.85. The molecule has 2 amide bonds. The topological polar surface area (TPSA) is 89.3 Å². The van der Waals surface area contributed by atoms with Crippen LogP contribution in [0.25, 0.3) is 11.4 Å². The van der Waals surface area contributed by atoms with Crippen LogP contribution in [0.15, 0.2) is 54.7 Å². The molecule has 0 fully saturated rings. The highest BCUT2D eigenvalue weighted by molar-refractivity contribution is 6.31. The number of ether oxygens (including phenoxy) is 1. The Morgan fingerprint density at radius 1 is 1.08 bits per heavy atom. The molecule has 2 aliphatic rings. The molecule has 0 radical (unpaired) electrons. The van der Waals surface area contributed by atoms with Crippen molar-refractivity contribution in [2.24, 2.45) is 0 Å². The molecule has 2 aliphatic heterocycles. The summed E-state index contributed by atoms with van der Waals surface area (Å²) in [5, 5.41) is 3.51. The highest BCUT2D eigenvalue weighted by Crippen LogP contribution is 2.54. The van der Waals surface area contributed by atoms with Gasteiger partial charge in [-0.3, -0.25) is 19.5 Å². The van der Waals surface area contributed by atoms with E-state index in [1.807, 2.05) is 56.5 Å². The van der Waals surface area contributed by atoms with Crippen LogP contribution in [0, 0.1) is 13.8 Å². The van der Waals surface area contributed by atoms with Crippen molar-refractivity contribution in [3.63, 3.8) is 0 Å². The smallest absolute Gasteiger partial charge is 0.280 e. The van der Waals surface area contributed by atoms with Crippen LogP contribution in [0.3, 0.4) is 0 Å². The number of aromatic nitrogens is 3. The second-order valence-electron chi connectivity index (χ2n) is 9.96. The SMILES string of the molecule is COc1cc(C)ncc1-c1nc2c(n1C(C)C)C1(C(=O)Nc3cc(C)ccc31)N(c1cccc(Cl)c1)C2=O. The van der Waals surface area contributed by atoms with Crippen LogP contribution in [0.5, 0.6) is 5.75 Å². The van der Waals surface area contributed by atoms with Gasteiger partial charge in [-0.2, -0.15) is 0 Å². The zero-order chi connectivity index (χ0) is 26.9. The lowest BCUT2D eigenvalue weighted by atomic mass is 9.86. The van der Waals surface area contributed by atoms with Crippen molar-refractivity contribution >= 4 is 34.8 Å². The number of methoxy groups -OCH3 is 1. The number of benzene rings is 2. The molecule has 0 bridgehead atoms. The molecular weight excluding hydrogens is 502 g/mol. The third kappa shape index (κ3) is 3.16. The molecule has 1 atom stereocenters. The Hall–Kier alpha value is -4.17. The number of carbonyl (C=O) groups is 2. The van der Waals surface area contributed by atoms with Crippen molar-refractivity contribution in [3.05, 3.63) is 88.0 Å². The first-order valence-corrected chi connectivity index (χ1v) is 12.7. The number of pyridine rings is 1. The van der Waals surface area contributed by atoms with Crippen LogP contribution in [-0.2, 0) is 10.3 Å². The van der Waals surface area contributed by atoms with Crippen LogP contribution >= 0.6 is 11.6 Å². The minimum Gasteiger partial charge on any atom is -0.496 e. The first-order chi connectivity index (χ1) is 18.2. The summed E-state index contributed by atoms with van der Waals surface area (Å²) >= 11 is 6.36. The number of hydrogen-bond donors (Lipinski definition) is 1. The normalized spacial score (nSPS) is 17.8. The van der Waals surface area contributed by atoms with Crippen molar-refractivity contribution in [1.82, 2.24) is 14.5 Å². The molecule has 9 heteroatoms. The molecule has 2 aromatic heterocycles. The van der Waals surface area contributed by atoms with Crippen LogP contribution in [-0.4, -0.2) is 33.5 Å². The van der Waals surface area contributed by atoms with E-state index in [-0.39, 0.29) is 23.6 Å². The molecule has 4 aromatic rings. The van der Waals surface area contributed by atoms with Gasteiger partial charge in [0.2, 0.25) is 0 Å². The minimum atomic E-state index is -1.49. The molecule has 6 rings (SSSR count). The van der Waals surface area contributed by atoms with Crippen molar-refractivity contribution in [1.29, 1.82) is 0 Å². The van der Waals surface area contributed by atoms with E-state index in [4.69, 9.17) is 21.3 Å². The summed E-state index contributed by atoms with van der Waals surface area (Å²) in [7, 11) is 1.59. The van der Waals surface area contributed by atoms with Crippen LogP contribution in [0.2, 0.25) is 5.02 Å². The van der Waals surface area contributed by atoms with Crippen molar-refractivity contribution in [2.75, 3.05) is 17.3 Å². The highest BCUT2D eigenvalue weighted by Gasteiger charge is 2.64. The number of hydrogen-bond acceptors (Lipinski definition) is 5. The average molecular weight is 528 g/mol. The van der Waals surface area contributed by atoms with E-state index in [9.17, 15) is 9.59 Å². The number of amides is 2.